The maximum Gasteiger partial charge on any atom is 0.255 e. The van der Waals surface area contributed by atoms with Gasteiger partial charge in [0.2, 0.25) is 11.9 Å². The van der Waals surface area contributed by atoms with E-state index in [1.165, 1.54) is 5.56 Å². The molecule has 0 aliphatic heterocycles. The molecule has 0 aliphatic rings. The van der Waals surface area contributed by atoms with Crippen molar-refractivity contribution < 1.29 is 4.79 Å². The summed E-state index contributed by atoms with van der Waals surface area (Å²) in [6, 6.07) is 24.8. The molecule has 3 aromatic carbocycles. The monoisotopic (exact) mass is 453 g/mol. The molecule has 34 heavy (non-hydrogen) atoms. The highest BCUT2D eigenvalue weighted by Crippen LogP contribution is 2.18. The summed E-state index contributed by atoms with van der Waals surface area (Å²) in [6.45, 7) is 3.08. The highest BCUT2D eigenvalue weighted by molar-refractivity contribution is 6.05. The van der Waals surface area contributed by atoms with Crippen molar-refractivity contribution in [3.05, 3.63) is 101 Å². The summed E-state index contributed by atoms with van der Waals surface area (Å²) in [5.41, 5.74) is 9.81. The highest BCUT2D eigenvalue weighted by Gasteiger charge is 2.08. The van der Waals surface area contributed by atoms with Crippen molar-refractivity contribution in [2.24, 2.45) is 0 Å². The topological polar surface area (TPSA) is 118 Å². The minimum atomic E-state index is -0.211. The van der Waals surface area contributed by atoms with Crippen molar-refractivity contribution in [1.82, 2.24) is 15.0 Å². The van der Waals surface area contributed by atoms with Gasteiger partial charge in [-0.25, -0.2) is 0 Å². The van der Waals surface area contributed by atoms with E-state index in [9.17, 15) is 4.79 Å². The quantitative estimate of drug-likeness (QED) is 0.279. The molecule has 0 saturated heterocycles. The lowest BCUT2D eigenvalue weighted by Crippen LogP contribution is -2.13. The molecular formula is C26H27N7O. The lowest BCUT2D eigenvalue weighted by atomic mass is 10.1. The molecule has 0 aliphatic carbocycles. The number of rotatable bonds is 9. The number of nitrogens with one attached hydrogen (secondary N) is 3. The fourth-order valence-electron chi connectivity index (χ4n) is 3.36. The van der Waals surface area contributed by atoms with E-state index in [0.29, 0.717) is 41.2 Å². The van der Waals surface area contributed by atoms with Gasteiger partial charge in [-0.3, -0.25) is 4.79 Å². The predicted octanol–water partition coefficient (Wildman–Crippen LogP) is 4.28. The van der Waals surface area contributed by atoms with Gasteiger partial charge in [0.25, 0.3) is 5.91 Å². The van der Waals surface area contributed by atoms with E-state index >= 15 is 0 Å². The second-order valence-electron chi connectivity index (χ2n) is 7.78. The van der Waals surface area contributed by atoms with E-state index in [4.69, 9.17) is 5.73 Å². The molecule has 1 amide bonds. The minimum absolute atomic E-state index is 0.211. The molecule has 0 fully saturated rings. The molecule has 4 aromatic rings. The largest absolute Gasteiger partial charge is 0.397 e. The maximum absolute atomic E-state index is 12.5. The number of nitrogens with two attached hydrogens (primary N) is 1. The average molecular weight is 454 g/mol. The van der Waals surface area contributed by atoms with Gasteiger partial charge < -0.3 is 21.7 Å². The molecule has 0 unspecified atom stereocenters. The molecule has 0 bridgehead atoms. The highest BCUT2D eigenvalue weighted by atomic mass is 16.1. The molecule has 1 aromatic heterocycles. The second kappa shape index (κ2) is 10.9. The van der Waals surface area contributed by atoms with Crippen molar-refractivity contribution in [3.8, 4) is 0 Å². The molecule has 4 rings (SSSR count). The van der Waals surface area contributed by atoms with Crippen molar-refractivity contribution in [2.45, 2.75) is 19.9 Å². The Kier molecular flexibility index (Phi) is 7.29. The number of para-hydroxylation sites is 2. The number of amides is 1. The second-order valence-corrected chi connectivity index (χ2v) is 7.78. The molecule has 0 spiro atoms. The van der Waals surface area contributed by atoms with Crippen LogP contribution in [0, 0.1) is 6.92 Å². The average Bonchev–Trinajstić information content (AvgIpc) is 2.85. The number of nitrogen functional groups attached to an aromatic ring is 1. The first-order valence-corrected chi connectivity index (χ1v) is 11.1. The minimum Gasteiger partial charge on any atom is -0.397 e. The van der Waals surface area contributed by atoms with E-state index < -0.39 is 0 Å². The van der Waals surface area contributed by atoms with Crippen LogP contribution in [0.2, 0.25) is 0 Å². The van der Waals surface area contributed by atoms with Crippen molar-refractivity contribution in [2.75, 3.05) is 28.2 Å². The predicted molar refractivity (Wildman–Crippen MR) is 136 cm³/mol. The molecule has 0 atom stereocenters. The summed E-state index contributed by atoms with van der Waals surface area (Å²) < 4.78 is 0. The van der Waals surface area contributed by atoms with Gasteiger partial charge >= 0.3 is 0 Å². The van der Waals surface area contributed by atoms with Crippen LogP contribution >= 0.6 is 0 Å². The number of nitrogens with zero attached hydrogens (tertiary/aromatic N) is 3. The first kappa shape index (κ1) is 22.7. The normalized spacial score (nSPS) is 10.5. The number of benzene rings is 3. The van der Waals surface area contributed by atoms with Crippen LogP contribution in [-0.2, 0) is 13.0 Å². The van der Waals surface area contributed by atoms with Gasteiger partial charge in [-0.15, -0.1) is 0 Å². The van der Waals surface area contributed by atoms with Crippen molar-refractivity contribution >= 4 is 29.2 Å². The van der Waals surface area contributed by atoms with E-state index in [0.717, 1.165) is 18.5 Å². The van der Waals surface area contributed by atoms with E-state index in [1.807, 2.05) is 49.4 Å². The molecule has 0 radical (unpaired) electrons. The summed E-state index contributed by atoms with van der Waals surface area (Å²) in [5.74, 6) is 1.46. The molecule has 1 heterocycles. The zero-order valence-electron chi connectivity index (χ0n) is 19.0. The van der Waals surface area contributed by atoms with Crippen LogP contribution in [0.15, 0.2) is 78.9 Å². The lowest BCUT2D eigenvalue weighted by molar-refractivity contribution is 0.102. The Labute approximate surface area is 198 Å². The van der Waals surface area contributed by atoms with Crippen LogP contribution < -0.4 is 21.7 Å². The van der Waals surface area contributed by atoms with Gasteiger partial charge in [0.15, 0.2) is 0 Å². The number of aromatic nitrogens is 3. The molecule has 8 nitrogen and oxygen atoms in total. The van der Waals surface area contributed by atoms with Crippen molar-refractivity contribution in [1.29, 1.82) is 0 Å². The van der Waals surface area contributed by atoms with Crippen LogP contribution in [0.3, 0.4) is 0 Å². The van der Waals surface area contributed by atoms with E-state index in [2.05, 4.69) is 43.0 Å². The summed E-state index contributed by atoms with van der Waals surface area (Å²) in [5, 5.41) is 9.32. The third kappa shape index (κ3) is 6.29. The molecule has 0 saturated carbocycles. The van der Waals surface area contributed by atoms with Gasteiger partial charge in [-0.2, -0.15) is 15.0 Å². The number of aryl methyl sites for hydroxylation is 1. The van der Waals surface area contributed by atoms with Gasteiger partial charge in [-0.05, 0) is 48.7 Å². The fraction of sp³-hybridized carbons (Fsp3) is 0.154. The van der Waals surface area contributed by atoms with Crippen molar-refractivity contribution in [3.63, 3.8) is 0 Å². The molecule has 172 valence electrons. The Morgan fingerprint density at radius 2 is 1.47 bits per heavy atom. The van der Waals surface area contributed by atoms with E-state index in [-0.39, 0.29) is 5.91 Å². The Balaban J connectivity index is 1.31. The first-order valence-electron chi connectivity index (χ1n) is 11.1. The smallest absolute Gasteiger partial charge is 0.255 e. The van der Waals surface area contributed by atoms with Gasteiger partial charge in [0.1, 0.15) is 5.82 Å². The number of hydrogen-bond acceptors (Lipinski definition) is 7. The number of anilines is 4. The Morgan fingerprint density at radius 1 is 0.794 bits per heavy atom. The fourth-order valence-corrected chi connectivity index (χ4v) is 3.36. The van der Waals surface area contributed by atoms with Crippen LogP contribution in [-0.4, -0.2) is 27.4 Å². The summed E-state index contributed by atoms with van der Waals surface area (Å²) in [6.07, 6.45) is 0.880. The molecule has 8 heteroatoms. The van der Waals surface area contributed by atoms with Gasteiger partial charge in [-0.1, -0.05) is 54.6 Å². The lowest BCUT2D eigenvalue weighted by Gasteiger charge is -2.10. The molecule has 5 N–H and O–H groups in total. The number of carbonyl (C=O) groups is 1. The first-order chi connectivity index (χ1) is 16.6. The Hall–Kier alpha value is -4.46. The van der Waals surface area contributed by atoms with Gasteiger partial charge in [0.05, 0.1) is 11.4 Å². The third-order valence-electron chi connectivity index (χ3n) is 5.16. The number of hydrogen-bond donors (Lipinski definition) is 4. The van der Waals surface area contributed by atoms with Crippen LogP contribution in [0.4, 0.5) is 23.3 Å². The maximum atomic E-state index is 12.5. The van der Waals surface area contributed by atoms with Crippen LogP contribution in [0.1, 0.15) is 27.3 Å². The van der Waals surface area contributed by atoms with Crippen LogP contribution in [0.5, 0.6) is 0 Å². The summed E-state index contributed by atoms with van der Waals surface area (Å²) in [4.78, 5) is 25.7. The SMILES string of the molecule is Cc1nc(NCCc2ccccc2)nc(NCc2ccc(C(=O)Nc3ccccc3N)cc2)n1. The zero-order chi connectivity index (χ0) is 23.8. The summed E-state index contributed by atoms with van der Waals surface area (Å²) >= 11 is 0. The molecular weight excluding hydrogens is 426 g/mol. The zero-order valence-corrected chi connectivity index (χ0v) is 19.0. The Morgan fingerprint density at radius 3 is 2.21 bits per heavy atom. The third-order valence-corrected chi connectivity index (χ3v) is 5.16. The summed E-state index contributed by atoms with van der Waals surface area (Å²) in [7, 11) is 0. The number of carbonyl (C=O) groups excluding carboxylic acids is 1. The van der Waals surface area contributed by atoms with Crippen LogP contribution in [0.25, 0.3) is 0 Å². The standard InChI is InChI=1S/C26H27N7O/c1-18-30-25(28-16-15-19-7-3-2-4-8-19)33-26(31-18)29-17-20-11-13-21(14-12-20)24(34)32-23-10-6-5-9-22(23)27/h2-14H,15-17,27H2,1H3,(H,32,34)(H2,28,29,30,31,33). The van der Waals surface area contributed by atoms with Gasteiger partial charge in [0, 0.05) is 18.7 Å². The van der Waals surface area contributed by atoms with E-state index in [1.54, 1.807) is 24.3 Å². The Bertz CT molecular complexity index is 1240.